The maximum absolute atomic E-state index is 13.4. The molecule has 2 aromatic rings. The van der Waals surface area contributed by atoms with E-state index in [2.05, 4.69) is 15.3 Å². The summed E-state index contributed by atoms with van der Waals surface area (Å²) in [5.41, 5.74) is 1.13. The van der Waals surface area contributed by atoms with Crippen molar-refractivity contribution in [3.8, 4) is 5.75 Å². The predicted molar refractivity (Wildman–Crippen MR) is 130 cm³/mol. The molecule has 0 fully saturated rings. The van der Waals surface area contributed by atoms with Gasteiger partial charge in [0.25, 0.3) is 11.8 Å². The van der Waals surface area contributed by atoms with Gasteiger partial charge in [-0.3, -0.25) is 19.4 Å². The lowest BCUT2D eigenvalue weighted by Crippen LogP contribution is -2.48. The van der Waals surface area contributed by atoms with E-state index in [1.165, 1.54) is 18.6 Å². The quantitative estimate of drug-likeness (QED) is 0.711. The monoisotopic (exact) mass is 483 g/mol. The summed E-state index contributed by atoms with van der Waals surface area (Å²) in [5.74, 6) is -0.376. The van der Waals surface area contributed by atoms with Gasteiger partial charge in [-0.25, -0.2) is 4.98 Å². The lowest BCUT2D eigenvalue weighted by Gasteiger charge is -2.35. The maximum atomic E-state index is 13.4. The van der Waals surface area contributed by atoms with Crippen molar-refractivity contribution in [1.29, 1.82) is 0 Å². The predicted octanol–water partition coefficient (Wildman–Crippen LogP) is 2.47. The Labute approximate surface area is 205 Å². The number of hydrogen-bond acceptors (Lipinski definition) is 7. The van der Waals surface area contributed by atoms with Crippen LogP contribution in [0.25, 0.3) is 0 Å². The van der Waals surface area contributed by atoms with Gasteiger partial charge in [0, 0.05) is 63.7 Å². The number of carbonyl (C=O) groups is 3. The number of likely N-dealkylation sites (N-methyl/N-ethyl adjacent to an activating group) is 1. The van der Waals surface area contributed by atoms with E-state index in [-0.39, 0.29) is 48.1 Å². The van der Waals surface area contributed by atoms with Crippen LogP contribution >= 0.6 is 0 Å². The van der Waals surface area contributed by atoms with Crippen molar-refractivity contribution in [2.75, 3.05) is 39.2 Å². The van der Waals surface area contributed by atoms with E-state index in [0.29, 0.717) is 36.5 Å². The van der Waals surface area contributed by atoms with Crippen molar-refractivity contribution in [3.63, 3.8) is 0 Å². The molecule has 1 aliphatic heterocycles. The van der Waals surface area contributed by atoms with Gasteiger partial charge >= 0.3 is 0 Å². The minimum atomic E-state index is -0.349. The summed E-state index contributed by atoms with van der Waals surface area (Å²) >= 11 is 0. The third kappa shape index (κ3) is 6.33. The Morgan fingerprint density at radius 3 is 2.66 bits per heavy atom. The Morgan fingerprint density at radius 1 is 1.23 bits per heavy atom. The number of anilines is 1. The molecule has 3 atom stereocenters. The number of fused-ring (bicyclic) bond motifs is 1. The van der Waals surface area contributed by atoms with E-state index in [1.54, 1.807) is 49.1 Å². The highest BCUT2D eigenvalue weighted by Crippen LogP contribution is 2.27. The maximum Gasteiger partial charge on any atom is 0.274 e. The van der Waals surface area contributed by atoms with E-state index in [9.17, 15) is 14.4 Å². The summed E-state index contributed by atoms with van der Waals surface area (Å²) in [4.78, 5) is 50.0. The smallest absolute Gasteiger partial charge is 0.274 e. The van der Waals surface area contributed by atoms with Crippen molar-refractivity contribution >= 4 is 23.4 Å². The summed E-state index contributed by atoms with van der Waals surface area (Å²) in [6.45, 7) is 6.46. The summed E-state index contributed by atoms with van der Waals surface area (Å²) in [6, 6.07) is 4.61. The average molecular weight is 484 g/mol. The highest BCUT2D eigenvalue weighted by Gasteiger charge is 2.31. The number of amides is 3. The van der Waals surface area contributed by atoms with E-state index in [4.69, 9.17) is 9.47 Å². The Bertz CT molecular complexity index is 1050. The van der Waals surface area contributed by atoms with E-state index in [1.807, 2.05) is 13.8 Å². The Morgan fingerprint density at radius 2 is 2.00 bits per heavy atom. The first-order chi connectivity index (χ1) is 16.7. The van der Waals surface area contributed by atoms with Gasteiger partial charge in [0.2, 0.25) is 5.91 Å². The summed E-state index contributed by atoms with van der Waals surface area (Å²) in [7, 11) is 3.30. The molecule has 10 heteroatoms. The van der Waals surface area contributed by atoms with Crippen LogP contribution in [-0.4, -0.2) is 83.5 Å². The van der Waals surface area contributed by atoms with Crippen molar-refractivity contribution in [2.24, 2.45) is 5.92 Å². The van der Waals surface area contributed by atoms with Crippen LogP contribution in [0, 0.1) is 5.92 Å². The van der Waals surface area contributed by atoms with Crippen molar-refractivity contribution in [2.45, 2.75) is 39.3 Å². The lowest BCUT2D eigenvalue weighted by molar-refractivity contribution is -0.115. The Kier molecular flexibility index (Phi) is 8.75. The molecule has 0 unspecified atom stereocenters. The van der Waals surface area contributed by atoms with Crippen molar-refractivity contribution < 1.29 is 23.9 Å². The standard InChI is InChI=1S/C25H33N5O5/c1-6-23(31)28-18-7-8-19-21(11-18)35-15-17(3)30(25(33)20-12-26-9-10-27-20)13-16(2)22(34-5)14-29(4)24(19)32/h7-12,16-17,22H,6,13-15H2,1-5H3,(H,28,31)/t16-,17+,22+/m0/s1. The van der Waals surface area contributed by atoms with E-state index in [0.717, 1.165) is 0 Å². The fraction of sp³-hybridized carbons (Fsp3) is 0.480. The Balaban J connectivity index is 1.99. The molecule has 0 bridgehead atoms. The molecule has 1 aromatic carbocycles. The van der Waals surface area contributed by atoms with Gasteiger partial charge in [-0.1, -0.05) is 13.8 Å². The fourth-order valence-electron chi connectivity index (χ4n) is 3.94. The zero-order chi connectivity index (χ0) is 25.5. The van der Waals surface area contributed by atoms with Gasteiger partial charge < -0.3 is 24.6 Å². The van der Waals surface area contributed by atoms with Gasteiger partial charge in [-0.15, -0.1) is 0 Å². The van der Waals surface area contributed by atoms with Crippen LogP contribution in [0.5, 0.6) is 5.75 Å². The van der Waals surface area contributed by atoms with Crippen LogP contribution in [-0.2, 0) is 9.53 Å². The molecule has 0 radical (unpaired) electrons. The molecule has 1 N–H and O–H groups in total. The first kappa shape index (κ1) is 26.1. The molecular formula is C25H33N5O5. The zero-order valence-electron chi connectivity index (χ0n) is 20.9. The van der Waals surface area contributed by atoms with Gasteiger partial charge in [0.1, 0.15) is 18.1 Å². The minimum absolute atomic E-state index is 0.0798. The second-order valence-corrected chi connectivity index (χ2v) is 8.76. The number of nitrogens with zero attached hydrogens (tertiary/aromatic N) is 4. The van der Waals surface area contributed by atoms with Gasteiger partial charge in [0.05, 0.1) is 23.9 Å². The molecule has 188 valence electrons. The first-order valence-electron chi connectivity index (χ1n) is 11.7. The number of nitrogens with one attached hydrogen (secondary N) is 1. The van der Waals surface area contributed by atoms with Gasteiger partial charge in [-0.2, -0.15) is 0 Å². The minimum Gasteiger partial charge on any atom is -0.491 e. The topological polar surface area (TPSA) is 114 Å². The fourth-order valence-corrected chi connectivity index (χ4v) is 3.94. The van der Waals surface area contributed by atoms with Crippen molar-refractivity contribution in [1.82, 2.24) is 19.8 Å². The molecular weight excluding hydrogens is 450 g/mol. The third-order valence-corrected chi connectivity index (χ3v) is 6.09. The molecule has 1 aromatic heterocycles. The molecule has 35 heavy (non-hydrogen) atoms. The average Bonchev–Trinajstić information content (AvgIpc) is 2.87. The largest absolute Gasteiger partial charge is 0.491 e. The molecule has 0 aliphatic carbocycles. The Hall–Kier alpha value is -3.53. The van der Waals surface area contributed by atoms with Crippen LogP contribution in [0.2, 0.25) is 0 Å². The normalized spacial score (nSPS) is 21.3. The molecule has 0 saturated carbocycles. The SMILES string of the molecule is CCC(=O)Nc1ccc2c(c1)OC[C@@H](C)N(C(=O)c1cnccn1)C[C@H](C)[C@H](OC)CN(C)C2=O. The molecule has 3 amide bonds. The van der Waals surface area contributed by atoms with Crippen LogP contribution < -0.4 is 10.1 Å². The molecule has 3 rings (SSSR count). The molecule has 2 heterocycles. The van der Waals surface area contributed by atoms with Crippen LogP contribution in [0.1, 0.15) is 48.0 Å². The van der Waals surface area contributed by atoms with Crippen LogP contribution in [0.3, 0.4) is 0 Å². The molecule has 0 saturated heterocycles. The van der Waals surface area contributed by atoms with Crippen LogP contribution in [0.4, 0.5) is 5.69 Å². The summed E-state index contributed by atoms with van der Waals surface area (Å²) in [6.07, 6.45) is 4.46. The molecule has 10 nitrogen and oxygen atoms in total. The number of carbonyl (C=O) groups excluding carboxylic acids is 3. The number of methoxy groups -OCH3 is 1. The number of rotatable bonds is 4. The number of hydrogen-bond donors (Lipinski definition) is 1. The first-order valence-corrected chi connectivity index (χ1v) is 11.7. The zero-order valence-corrected chi connectivity index (χ0v) is 20.9. The van der Waals surface area contributed by atoms with Crippen molar-refractivity contribution in [3.05, 3.63) is 48.0 Å². The van der Waals surface area contributed by atoms with E-state index >= 15 is 0 Å². The summed E-state index contributed by atoms with van der Waals surface area (Å²) < 4.78 is 11.8. The molecule has 1 aliphatic rings. The lowest BCUT2D eigenvalue weighted by atomic mass is 10.0. The number of benzene rings is 1. The number of aromatic nitrogens is 2. The highest BCUT2D eigenvalue weighted by molar-refractivity contribution is 5.98. The second-order valence-electron chi connectivity index (χ2n) is 8.76. The third-order valence-electron chi connectivity index (χ3n) is 6.09. The van der Waals surface area contributed by atoms with Crippen LogP contribution in [0.15, 0.2) is 36.8 Å². The second kappa shape index (κ2) is 11.7. The van der Waals surface area contributed by atoms with Gasteiger partial charge in [-0.05, 0) is 19.1 Å². The van der Waals surface area contributed by atoms with E-state index < -0.39 is 0 Å². The number of ether oxygens (including phenoxy) is 2. The highest BCUT2D eigenvalue weighted by atomic mass is 16.5. The summed E-state index contributed by atoms with van der Waals surface area (Å²) in [5, 5.41) is 2.79. The van der Waals surface area contributed by atoms with Gasteiger partial charge in [0.15, 0.2) is 0 Å². The molecule has 0 spiro atoms.